The molecule has 0 bridgehead atoms. The summed E-state index contributed by atoms with van der Waals surface area (Å²) < 4.78 is 0.513. The molecule has 0 unspecified atom stereocenters. The minimum atomic E-state index is -0.0137. The Bertz CT molecular complexity index is 725. The first-order chi connectivity index (χ1) is 12.6. The maximum atomic E-state index is 12.5. The summed E-state index contributed by atoms with van der Waals surface area (Å²) in [6.07, 6.45) is 1.29. The van der Waals surface area contributed by atoms with Gasteiger partial charge in [0, 0.05) is 18.7 Å². The minimum absolute atomic E-state index is 0.0137. The van der Waals surface area contributed by atoms with Crippen molar-refractivity contribution in [3.63, 3.8) is 0 Å². The van der Waals surface area contributed by atoms with Gasteiger partial charge in [0.2, 0.25) is 0 Å². The van der Waals surface area contributed by atoms with Crippen molar-refractivity contribution in [2.45, 2.75) is 24.1 Å². The quantitative estimate of drug-likeness (QED) is 0.790. The third-order valence-electron chi connectivity index (χ3n) is 4.32. The first kappa shape index (κ1) is 19.3. The Morgan fingerprint density at radius 3 is 2.35 bits per heavy atom. The summed E-state index contributed by atoms with van der Waals surface area (Å²) in [7, 11) is 4.11. The molecule has 2 aromatic rings. The molecule has 0 aliphatic carbocycles. The van der Waals surface area contributed by atoms with Crippen molar-refractivity contribution in [2.75, 3.05) is 25.6 Å². The van der Waals surface area contributed by atoms with Gasteiger partial charge in [-0.3, -0.25) is 4.79 Å². The van der Waals surface area contributed by atoms with Crippen LogP contribution in [-0.4, -0.2) is 36.4 Å². The van der Waals surface area contributed by atoms with Crippen molar-refractivity contribution in [2.24, 2.45) is 0 Å². The fraction of sp³-hybridized carbons (Fsp3) is 0.381. The van der Waals surface area contributed by atoms with E-state index in [0.717, 1.165) is 12.1 Å². The van der Waals surface area contributed by atoms with E-state index in [2.05, 4.69) is 48.6 Å². The van der Waals surface area contributed by atoms with Crippen molar-refractivity contribution in [3.8, 4) is 0 Å². The number of carbonyl (C=O) groups is 1. The van der Waals surface area contributed by atoms with Crippen molar-refractivity contribution in [1.82, 2.24) is 10.2 Å². The Kier molecular flexibility index (Phi) is 7.06. The van der Waals surface area contributed by atoms with E-state index >= 15 is 0 Å². The van der Waals surface area contributed by atoms with Crippen LogP contribution in [0.15, 0.2) is 48.5 Å². The van der Waals surface area contributed by atoms with Gasteiger partial charge >= 0.3 is 0 Å². The molecule has 0 atom stereocenters. The average Bonchev–Trinajstić information content (AvgIpc) is 2.67. The maximum Gasteiger partial charge on any atom is 0.251 e. The monoisotopic (exact) mass is 386 g/mol. The Balaban J connectivity index is 1.60. The summed E-state index contributed by atoms with van der Waals surface area (Å²) in [5.41, 5.74) is 4.46. The molecule has 1 heterocycles. The third kappa shape index (κ3) is 5.29. The summed E-state index contributed by atoms with van der Waals surface area (Å²) >= 11 is 4.01. The van der Waals surface area contributed by atoms with Gasteiger partial charge in [-0.25, -0.2) is 0 Å². The Labute approximate surface area is 164 Å². The SMILES string of the molecule is CN(C)Cc1ccccc1CNC(=O)c1ccc(C2SCCCS2)cc1. The highest BCUT2D eigenvalue weighted by molar-refractivity contribution is 8.16. The summed E-state index contributed by atoms with van der Waals surface area (Å²) in [6.45, 7) is 1.43. The van der Waals surface area contributed by atoms with Crippen LogP contribution in [0.4, 0.5) is 0 Å². The molecule has 0 aromatic heterocycles. The van der Waals surface area contributed by atoms with E-state index in [0.29, 0.717) is 11.1 Å². The predicted molar refractivity (Wildman–Crippen MR) is 114 cm³/mol. The second-order valence-corrected chi connectivity index (χ2v) is 9.46. The van der Waals surface area contributed by atoms with Crippen molar-refractivity contribution < 1.29 is 4.79 Å². The van der Waals surface area contributed by atoms with Crippen molar-refractivity contribution in [1.29, 1.82) is 0 Å². The number of carbonyl (C=O) groups excluding carboxylic acids is 1. The van der Waals surface area contributed by atoms with Crippen LogP contribution in [0.1, 0.15) is 38.1 Å². The molecule has 1 fully saturated rings. The van der Waals surface area contributed by atoms with Gasteiger partial charge in [0.25, 0.3) is 5.91 Å². The Morgan fingerprint density at radius 1 is 1.04 bits per heavy atom. The lowest BCUT2D eigenvalue weighted by Crippen LogP contribution is -2.24. The van der Waals surface area contributed by atoms with E-state index in [1.54, 1.807) is 0 Å². The van der Waals surface area contributed by atoms with E-state index in [1.165, 1.54) is 34.6 Å². The van der Waals surface area contributed by atoms with Gasteiger partial charge < -0.3 is 10.2 Å². The highest BCUT2D eigenvalue weighted by Crippen LogP contribution is 2.43. The van der Waals surface area contributed by atoms with E-state index in [4.69, 9.17) is 0 Å². The zero-order valence-electron chi connectivity index (χ0n) is 15.4. The number of benzene rings is 2. The number of amides is 1. The fourth-order valence-electron chi connectivity index (χ4n) is 2.97. The smallest absolute Gasteiger partial charge is 0.251 e. The van der Waals surface area contributed by atoms with Gasteiger partial charge in [-0.05, 0) is 60.8 Å². The maximum absolute atomic E-state index is 12.5. The Hall–Kier alpha value is -1.43. The molecular formula is C21H26N2OS2. The Morgan fingerprint density at radius 2 is 1.69 bits per heavy atom. The van der Waals surface area contributed by atoms with Crippen LogP contribution < -0.4 is 5.32 Å². The topological polar surface area (TPSA) is 32.3 Å². The van der Waals surface area contributed by atoms with Gasteiger partial charge in [-0.2, -0.15) is 0 Å². The first-order valence-corrected chi connectivity index (χ1v) is 11.1. The third-order valence-corrected chi connectivity index (χ3v) is 7.33. The molecule has 0 spiro atoms. The average molecular weight is 387 g/mol. The molecule has 0 saturated carbocycles. The number of hydrogen-bond acceptors (Lipinski definition) is 4. The molecule has 2 aromatic carbocycles. The standard InChI is InChI=1S/C21H26N2OS2/c1-23(2)15-19-7-4-3-6-18(19)14-22-20(24)16-8-10-17(11-9-16)21-25-12-5-13-26-21/h3-4,6-11,21H,5,12-15H2,1-2H3,(H,22,24). The van der Waals surface area contributed by atoms with Crippen molar-refractivity contribution in [3.05, 3.63) is 70.8 Å². The van der Waals surface area contributed by atoms with E-state index < -0.39 is 0 Å². The predicted octanol–water partition coefficient (Wildman–Crippen LogP) is 4.55. The lowest BCUT2D eigenvalue weighted by Gasteiger charge is -2.21. The lowest BCUT2D eigenvalue weighted by atomic mass is 10.1. The number of nitrogens with one attached hydrogen (secondary N) is 1. The molecule has 3 rings (SSSR count). The highest BCUT2D eigenvalue weighted by Gasteiger charge is 2.17. The van der Waals surface area contributed by atoms with Gasteiger partial charge in [0.15, 0.2) is 0 Å². The molecule has 1 aliphatic heterocycles. The summed E-state index contributed by atoms with van der Waals surface area (Å²) in [5, 5.41) is 3.06. The normalized spacial score (nSPS) is 15.2. The van der Waals surface area contributed by atoms with E-state index in [9.17, 15) is 4.79 Å². The molecule has 0 radical (unpaired) electrons. The molecule has 1 saturated heterocycles. The van der Waals surface area contributed by atoms with Crippen LogP contribution in [0.2, 0.25) is 0 Å². The summed E-state index contributed by atoms with van der Waals surface area (Å²) in [4.78, 5) is 14.6. The largest absolute Gasteiger partial charge is 0.348 e. The molecule has 138 valence electrons. The summed E-state index contributed by atoms with van der Waals surface area (Å²) in [5.74, 6) is 2.44. The van der Waals surface area contributed by atoms with Gasteiger partial charge in [0.1, 0.15) is 0 Å². The van der Waals surface area contributed by atoms with Crippen LogP contribution in [0.25, 0.3) is 0 Å². The lowest BCUT2D eigenvalue weighted by molar-refractivity contribution is 0.0951. The number of hydrogen-bond donors (Lipinski definition) is 1. The molecular weight excluding hydrogens is 360 g/mol. The second-order valence-electron chi connectivity index (χ2n) is 6.74. The molecule has 5 heteroatoms. The molecule has 3 nitrogen and oxygen atoms in total. The first-order valence-electron chi connectivity index (χ1n) is 8.96. The highest BCUT2D eigenvalue weighted by atomic mass is 32.2. The summed E-state index contributed by atoms with van der Waals surface area (Å²) in [6, 6.07) is 16.4. The van der Waals surface area contributed by atoms with Crippen molar-refractivity contribution >= 4 is 29.4 Å². The molecule has 1 aliphatic rings. The second kappa shape index (κ2) is 9.49. The zero-order chi connectivity index (χ0) is 18.4. The van der Waals surface area contributed by atoms with Gasteiger partial charge in [-0.15, -0.1) is 23.5 Å². The molecule has 1 N–H and O–H groups in total. The molecule has 1 amide bonds. The van der Waals surface area contributed by atoms with Crippen LogP contribution in [-0.2, 0) is 13.1 Å². The van der Waals surface area contributed by atoms with Gasteiger partial charge in [0.05, 0.1) is 4.58 Å². The fourth-order valence-corrected chi connectivity index (χ4v) is 5.87. The molecule has 26 heavy (non-hydrogen) atoms. The number of nitrogens with zero attached hydrogens (tertiary/aromatic N) is 1. The minimum Gasteiger partial charge on any atom is -0.348 e. The zero-order valence-corrected chi connectivity index (χ0v) is 17.0. The number of rotatable bonds is 6. The van der Waals surface area contributed by atoms with Gasteiger partial charge in [-0.1, -0.05) is 36.4 Å². The van der Waals surface area contributed by atoms with Crippen LogP contribution in [0, 0.1) is 0 Å². The van der Waals surface area contributed by atoms with E-state index in [-0.39, 0.29) is 5.91 Å². The number of thioether (sulfide) groups is 2. The van der Waals surface area contributed by atoms with E-state index in [1.807, 2.05) is 47.8 Å². The van der Waals surface area contributed by atoms with Crippen LogP contribution in [0.5, 0.6) is 0 Å². The van der Waals surface area contributed by atoms with Crippen LogP contribution in [0.3, 0.4) is 0 Å². The van der Waals surface area contributed by atoms with Crippen LogP contribution >= 0.6 is 23.5 Å².